The number of hydrogen-bond acceptors (Lipinski definition) is 2. The van der Waals surface area contributed by atoms with Crippen molar-refractivity contribution in [3.63, 3.8) is 0 Å². The van der Waals surface area contributed by atoms with Crippen LogP contribution in [-0.2, 0) is 0 Å². The highest BCUT2D eigenvalue weighted by atomic mass is 19.1. The topological polar surface area (TPSA) is 25.8 Å². The molecule has 0 atom stereocenters. The minimum absolute atomic E-state index is 0.425. The van der Waals surface area contributed by atoms with Gasteiger partial charge in [0.05, 0.1) is 0 Å². The van der Waals surface area contributed by atoms with Gasteiger partial charge in [0.2, 0.25) is 5.95 Å². The Bertz CT molecular complexity index is 440. The van der Waals surface area contributed by atoms with Gasteiger partial charge in [-0.1, -0.05) is 6.07 Å². The van der Waals surface area contributed by atoms with Crippen molar-refractivity contribution in [1.29, 1.82) is 0 Å². The normalized spacial score (nSPS) is 10.1. The number of nitrogens with zero attached hydrogens (tertiary/aromatic N) is 2. The number of rotatable bonds is 1. The molecule has 14 heavy (non-hydrogen) atoms. The quantitative estimate of drug-likeness (QED) is 0.643. The summed E-state index contributed by atoms with van der Waals surface area (Å²) in [5.74, 6) is -0.425. The average Bonchev–Trinajstić information content (AvgIpc) is 2.23. The van der Waals surface area contributed by atoms with Gasteiger partial charge in [0.15, 0.2) is 0 Å². The first-order chi connectivity index (χ1) is 6.79. The van der Waals surface area contributed by atoms with E-state index in [1.54, 1.807) is 25.4 Å². The van der Waals surface area contributed by atoms with Crippen LogP contribution in [0.1, 0.15) is 5.56 Å². The highest BCUT2D eigenvalue weighted by molar-refractivity contribution is 5.65. The maximum absolute atomic E-state index is 13.1. The zero-order valence-corrected chi connectivity index (χ0v) is 7.74. The monoisotopic (exact) mass is 188 g/mol. The summed E-state index contributed by atoms with van der Waals surface area (Å²) in [4.78, 5) is 7.57. The van der Waals surface area contributed by atoms with Crippen LogP contribution in [0.4, 0.5) is 4.39 Å². The number of aromatic nitrogens is 2. The van der Waals surface area contributed by atoms with E-state index in [4.69, 9.17) is 0 Å². The van der Waals surface area contributed by atoms with Crippen LogP contribution in [0.15, 0.2) is 36.8 Å². The summed E-state index contributed by atoms with van der Waals surface area (Å²) in [7, 11) is 0. The van der Waals surface area contributed by atoms with E-state index in [2.05, 4.69) is 9.97 Å². The second kappa shape index (κ2) is 3.54. The summed E-state index contributed by atoms with van der Waals surface area (Å²) >= 11 is 0. The molecule has 2 aromatic rings. The summed E-state index contributed by atoms with van der Waals surface area (Å²) in [6.07, 6.45) is 4.86. The molecule has 0 saturated carbocycles. The summed E-state index contributed by atoms with van der Waals surface area (Å²) in [5, 5.41) is 0. The van der Waals surface area contributed by atoms with E-state index in [0.29, 0.717) is 5.56 Å². The molecule has 0 saturated heterocycles. The molecule has 0 N–H and O–H groups in total. The Labute approximate surface area is 81.5 Å². The molecule has 3 heteroatoms. The Morgan fingerprint density at radius 3 is 2.79 bits per heavy atom. The summed E-state index contributed by atoms with van der Waals surface area (Å²) < 4.78 is 13.1. The number of hydrogen-bond donors (Lipinski definition) is 0. The van der Waals surface area contributed by atoms with Gasteiger partial charge in [-0.05, 0) is 24.6 Å². The lowest BCUT2D eigenvalue weighted by Crippen LogP contribution is -1.91. The standard InChI is InChI=1S/C11H9FN2/c1-8-10(4-6-14-11(8)12)9-3-2-5-13-7-9/h2-7H,1H3. The van der Waals surface area contributed by atoms with E-state index in [1.165, 1.54) is 6.20 Å². The van der Waals surface area contributed by atoms with Crippen LogP contribution < -0.4 is 0 Å². The first kappa shape index (κ1) is 8.81. The van der Waals surface area contributed by atoms with E-state index in [-0.39, 0.29) is 0 Å². The van der Waals surface area contributed by atoms with Crippen molar-refractivity contribution < 1.29 is 4.39 Å². The molecule has 0 amide bonds. The molecular weight excluding hydrogens is 179 g/mol. The average molecular weight is 188 g/mol. The lowest BCUT2D eigenvalue weighted by Gasteiger charge is -2.04. The van der Waals surface area contributed by atoms with Crippen LogP contribution in [0.3, 0.4) is 0 Å². The van der Waals surface area contributed by atoms with Gasteiger partial charge in [0.1, 0.15) is 0 Å². The molecule has 0 aliphatic heterocycles. The highest BCUT2D eigenvalue weighted by Crippen LogP contribution is 2.22. The Morgan fingerprint density at radius 1 is 1.21 bits per heavy atom. The molecule has 0 fully saturated rings. The predicted octanol–water partition coefficient (Wildman–Crippen LogP) is 2.59. The third kappa shape index (κ3) is 1.48. The van der Waals surface area contributed by atoms with Crippen LogP contribution >= 0.6 is 0 Å². The third-order valence-electron chi connectivity index (χ3n) is 2.12. The van der Waals surface area contributed by atoms with Gasteiger partial charge in [-0.3, -0.25) is 4.98 Å². The summed E-state index contributed by atoms with van der Waals surface area (Å²) in [5.41, 5.74) is 2.30. The highest BCUT2D eigenvalue weighted by Gasteiger charge is 2.05. The van der Waals surface area contributed by atoms with Crippen LogP contribution in [0.2, 0.25) is 0 Å². The minimum Gasteiger partial charge on any atom is -0.264 e. The molecule has 70 valence electrons. The van der Waals surface area contributed by atoms with Crippen molar-refractivity contribution in [2.24, 2.45) is 0 Å². The van der Waals surface area contributed by atoms with Crippen molar-refractivity contribution in [1.82, 2.24) is 9.97 Å². The van der Waals surface area contributed by atoms with Gasteiger partial charge in [0.25, 0.3) is 0 Å². The van der Waals surface area contributed by atoms with E-state index in [0.717, 1.165) is 11.1 Å². The van der Waals surface area contributed by atoms with Crippen molar-refractivity contribution in [2.75, 3.05) is 0 Å². The van der Waals surface area contributed by atoms with Crippen LogP contribution in [0.25, 0.3) is 11.1 Å². The van der Waals surface area contributed by atoms with Crippen LogP contribution in [0, 0.1) is 12.9 Å². The van der Waals surface area contributed by atoms with Crippen molar-refractivity contribution in [3.05, 3.63) is 48.3 Å². The molecule has 0 aliphatic rings. The van der Waals surface area contributed by atoms with Gasteiger partial charge in [-0.15, -0.1) is 0 Å². The van der Waals surface area contributed by atoms with E-state index in [9.17, 15) is 4.39 Å². The molecule has 0 radical (unpaired) electrons. The third-order valence-corrected chi connectivity index (χ3v) is 2.12. The second-order valence-electron chi connectivity index (χ2n) is 3.02. The Balaban J connectivity index is 2.58. The maximum atomic E-state index is 13.1. The Morgan fingerprint density at radius 2 is 2.07 bits per heavy atom. The molecule has 2 aromatic heterocycles. The Hall–Kier alpha value is -1.77. The van der Waals surface area contributed by atoms with E-state index < -0.39 is 5.95 Å². The fourth-order valence-corrected chi connectivity index (χ4v) is 1.35. The first-order valence-electron chi connectivity index (χ1n) is 4.30. The van der Waals surface area contributed by atoms with Crippen molar-refractivity contribution in [3.8, 4) is 11.1 Å². The summed E-state index contributed by atoms with van der Waals surface area (Å²) in [6.45, 7) is 1.71. The fourth-order valence-electron chi connectivity index (χ4n) is 1.35. The summed E-state index contributed by atoms with van der Waals surface area (Å²) in [6, 6.07) is 5.51. The number of halogens is 1. The van der Waals surface area contributed by atoms with Crippen LogP contribution in [-0.4, -0.2) is 9.97 Å². The molecule has 0 aromatic carbocycles. The first-order valence-corrected chi connectivity index (χ1v) is 4.30. The molecular formula is C11H9FN2. The molecule has 0 spiro atoms. The molecule has 2 nitrogen and oxygen atoms in total. The lowest BCUT2D eigenvalue weighted by atomic mass is 10.0. The van der Waals surface area contributed by atoms with Gasteiger partial charge in [0, 0.05) is 29.7 Å². The van der Waals surface area contributed by atoms with E-state index >= 15 is 0 Å². The second-order valence-corrected chi connectivity index (χ2v) is 3.02. The van der Waals surface area contributed by atoms with Gasteiger partial charge >= 0.3 is 0 Å². The van der Waals surface area contributed by atoms with Crippen molar-refractivity contribution in [2.45, 2.75) is 6.92 Å². The Kier molecular flexibility index (Phi) is 2.23. The lowest BCUT2D eigenvalue weighted by molar-refractivity contribution is 0.575. The minimum atomic E-state index is -0.425. The molecule has 2 heterocycles. The van der Waals surface area contributed by atoms with Crippen molar-refractivity contribution >= 4 is 0 Å². The smallest absolute Gasteiger partial charge is 0.216 e. The predicted molar refractivity (Wildman–Crippen MR) is 52.2 cm³/mol. The fraction of sp³-hybridized carbons (Fsp3) is 0.0909. The zero-order chi connectivity index (χ0) is 9.97. The van der Waals surface area contributed by atoms with Gasteiger partial charge < -0.3 is 0 Å². The molecule has 0 bridgehead atoms. The van der Waals surface area contributed by atoms with E-state index in [1.807, 2.05) is 12.1 Å². The largest absolute Gasteiger partial charge is 0.264 e. The zero-order valence-electron chi connectivity index (χ0n) is 7.74. The SMILES string of the molecule is Cc1c(-c2cccnc2)ccnc1F. The number of pyridine rings is 2. The van der Waals surface area contributed by atoms with Gasteiger partial charge in [-0.2, -0.15) is 4.39 Å². The van der Waals surface area contributed by atoms with Gasteiger partial charge in [-0.25, -0.2) is 4.98 Å². The maximum Gasteiger partial charge on any atom is 0.216 e. The molecule has 2 rings (SSSR count). The van der Waals surface area contributed by atoms with Crippen LogP contribution in [0.5, 0.6) is 0 Å². The molecule has 0 aliphatic carbocycles. The molecule has 0 unspecified atom stereocenters.